The number of aromatic nitrogens is 2. The minimum absolute atomic E-state index is 0.204. The maximum Gasteiger partial charge on any atom is 0.240 e. The Labute approximate surface area is 147 Å². The van der Waals surface area contributed by atoms with Gasteiger partial charge in [0.15, 0.2) is 0 Å². The lowest BCUT2D eigenvalue weighted by atomic mass is 10.1. The molecule has 0 saturated carbocycles. The number of pyridine rings is 1. The Balaban J connectivity index is 2.07. The number of rotatable bonds is 6. The number of aromatic amines is 1. The monoisotopic (exact) mass is 356 g/mol. The molecule has 0 radical (unpaired) electrons. The lowest BCUT2D eigenvalue weighted by molar-refractivity contribution is 0.588. The van der Waals surface area contributed by atoms with Gasteiger partial charge in [-0.05, 0) is 38.2 Å². The van der Waals surface area contributed by atoms with Gasteiger partial charge in [-0.15, -0.1) is 0 Å². The van der Waals surface area contributed by atoms with Crippen LogP contribution in [0.2, 0.25) is 0 Å². The molecule has 0 fully saturated rings. The number of hydrogen-bond acceptors (Lipinski definition) is 4. The third kappa shape index (κ3) is 3.57. The number of nitrogens with one attached hydrogen (secondary N) is 3. The highest BCUT2D eigenvalue weighted by atomic mass is 32.2. The number of hydrogen-bond donors (Lipinski definition) is 3. The second kappa shape index (κ2) is 6.70. The zero-order chi connectivity index (χ0) is 18.0. The van der Waals surface area contributed by atoms with Gasteiger partial charge in [-0.3, -0.25) is 4.98 Å². The first-order valence-corrected chi connectivity index (χ1v) is 9.29. The maximum atomic E-state index is 12.0. The highest BCUT2D eigenvalue weighted by molar-refractivity contribution is 7.89. The van der Waals surface area contributed by atoms with Crippen molar-refractivity contribution in [3.8, 4) is 0 Å². The van der Waals surface area contributed by atoms with Gasteiger partial charge in [0.25, 0.3) is 0 Å². The van der Waals surface area contributed by atoms with Gasteiger partial charge in [0.2, 0.25) is 10.0 Å². The van der Waals surface area contributed by atoms with Gasteiger partial charge in [0.05, 0.1) is 28.0 Å². The molecule has 1 aromatic carbocycles. The Kier molecular flexibility index (Phi) is 4.61. The molecule has 0 aliphatic rings. The minimum atomic E-state index is -3.50. The number of benzene rings is 1. The van der Waals surface area contributed by atoms with E-state index in [9.17, 15) is 8.42 Å². The van der Waals surface area contributed by atoms with Crippen LogP contribution in [0.4, 0.5) is 11.4 Å². The third-order valence-corrected chi connectivity index (χ3v) is 5.25. The van der Waals surface area contributed by atoms with Gasteiger partial charge in [0.1, 0.15) is 0 Å². The van der Waals surface area contributed by atoms with Crippen LogP contribution >= 0.6 is 0 Å². The van der Waals surface area contributed by atoms with Crippen LogP contribution in [0.15, 0.2) is 59.8 Å². The average Bonchev–Trinajstić information content (AvgIpc) is 3.06. The second-order valence-corrected chi connectivity index (χ2v) is 7.77. The molecule has 0 atom stereocenters. The molecule has 0 aliphatic carbocycles. The normalized spacial score (nSPS) is 11.6. The molecule has 3 aromatic rings. The van der Waals surface area contributed by atoms with Crippen molar-refractivity contribution in [1.29, 1.82) is 0 Å². The van der Waals surface area contributed by atoms with Crippen LogP contribution in [0.25, 0.3) is 10.9 Å². The van der Waals surface area contributed by atoms with Gasteiger partial charge >= 0.3 is 0 Å². The first kappa shape index (κ1) is 17.2. The molecule has 0 bridgehead atoms. The highest BCUT2D eigenvalue weighted by Gasteiger charge is 2.14. The van der Waals surface area contributed by atoms with Crippen molar-refractivity contribution >= 4 is 32.3 Å². The van der Waals surface area contributed by atoms with Crippen LogP contribution in [0.3, 0.4) is 0 Å². The van der Waals surface area contributed by atoms with Crippen molar-refractivity contribution in [2.24, 2.45) is 0 Å². The summed E-state index contributed by atoms with van der Waals surface area (Å²) in [6.07, 6.45) is 4.28. The van der Waals surface area contributed by atoms with Gasteiger partial charge in [-0.2, -0.15) is 0 Å². The number of fused-ring (bicyclic) bond motifs is 1. The SMILES string of the molecule is C=C(C)Cc1ncc2[nH]ccc2c1Nc1cccc(S(=O)(=O)NC)c1. The molecule has 3 rings (SSSR count). The zero-order valence-electron chi connectivity index (χ0n) is 14.1. The number of allylic oxidation sites excluding steroid dienone is 1. The molecule has 25 heavy (non-hydrogen) atoms. The second-order valence-electron chi connectivity index (χ2n) is 5.88. The molecule has 0 saturated heterocycles. The predicted octanol–water partition coefficient (Wildman–Crippen LogP) is 3.33. The van der Waals surface area contributed by atoms with E-state index in [-0.39, 0.29) is 4.90 Å². The molecule has 2 aromatic heterocycles. The van der Waals surface area contributed by atoms with Crippen LogP contribution in [0.1, 0.15) is 12.6 Å². The summed E-state index contributed by atoms with van der Waals surface area (Å²) in [4.78, 5) is 7.86. The quantitative estimate of drug-likeness (QED) is 0.591. The van der Waals surface area contributed by atoms with E-state index in [0.717, 1.165) is 27.9 Å². The van der Waals surface area contributed by atoms with E-state index in [1.54, 1.807) is 24.4 Å². The molecule has 0 unspecified atom stereocenters. The lowest BCUT2D eigenvalue weighted by Crippen LogP contribution is -2.18. The summed E-state index contributed by atoms with van der Waals surface area (Å²) >= 11 is 0. The van der Waals surface area contributed by atoms with E-state index in [1.165, 1.54) is 7.05 Å². The molecule has 6 nitrogen and oxygen atoms in total. The van der Waals surface area contributed by atoms with Crippen molar-refractivity contribution in [3.63, 3.8) is 0 Å². The summed E-state index contributed by atoms with van der Waals surface area (Å²) in [5.74, 6) is 0. The third-order valence-electron chi connectivity index (χ3n) is 3.84. The van der Waals surface area contributed by atoms with Gasteiger partial charge in [0, 0.05) is 23.7 Å². The van der Waals surface area contributed by atoms with E-state index in [0.29, 0.717) is 12.1 Å². The Hall–Kier alpha value is -2.64. The Morgan fingerprint density at radius 2 is 2.12 bits per heavy atom. The molecule has 2 heterocycles. The first-order valence-electron chi connectivity index (χ1n) is 7.80. The molecular formula is C18H20N4O2S. The Morgan fingerprint density at radius 3 is 2.84 bits per heavy atom. The molecular weight excluding hydrogens is 336 g/mol. The standard InChI is InChI=1S/C18H20N4O2S/c1-12(2)9-16-18(15-7-8-20-17(15)11-21-16)22-13-5-4-6-14(10-13)25(23,24)19-3/h4-8,10-11,19-20,22H,1,9H2,2-3H3. The van der Waals surface area contributed by atoms with Gasteiger partial charge in [-0.25, -0.2) is 13.1 Å². The topological polar surface area (TPSA) is 86.9 Å². The smallest absolute Gasteiger partial charge is 0.240 e. The van der Waals surface area contributed by atoms with Gasteiger partial charge < -0.3 is 10.3 Å². The number of sulfonamides is 1. The summed E-state index contributed by atoms with van der Waals surface area (Å²) in [7, 11) is -2.11. The fourth-order valence-corrected chi connectivity index (χ4v) is 3.41. The molecule has 7 heteroatoms. The fraction of sp³-hybridized carbons (Fsp3) is 0.167. The van der Waals surface area contributed by atoms with Crippen LogP contribution in [0, 0.1) is 0 Å². The van der Waals surface area contributed by atoms with E-state index in [2.05, 4.69) is 26.6 Å². The van der Waals surface area contributed by atoms with Crippen LogP contribution < -0.4 is 10.0 Å². The summed E-state index contributed by atoms with van der Waals surface area (Å²) in [5, 5.41) is 4.32. The predicted molar refractivity (Wildman–Crippen MR) is 101 cm³/mol. The van der Waals surface area contributed by atoms with E-state index in [4.69, 9.17) is 0 Å². The van der Waals surface area contributed by atoms with Crippen molar-refractivity contribution in [2.75, 3.05) is 12.4 Å². The summed E-state index contributed by atoms with van der Waals surface area (Å²) in [6, 6.07) is 8.65. The Bertz CT molecular complexity index is 1040. The molecule has 130 valence electrons. The first-order chi connectivity index (χ1) is 11.9. The van der Waals surface area contributed by atoms with E-state index in [1.807, 2.05) is 25.3 Å². The molecule has 0 amide bonds. The van der Waals surface area contributed by atoms with Crippen molar-refractivity contribution in [1.82, 2.24) is 14.7 Å². The maximum absolute atomic E-state index is 12.0. The van der Waals surface area contributed by atoms with Crippen molar-refractivity contribution in [3.05, 3.63) is 60.6 Å². The van der Waals surface area contributed by atoms with Crippen LogP contribution in [0.5, 0.6) is 0 Å². The number of anilines is 2. The van der Waals surface area contributed by atoms with Gasteiger partial charge in [-0.1, -0.05) is 18.2 Å². The van der Waals surface area contributed by atoms with Crippen molar-refractivity contribution in [2.45, 2.75) is 18.2 Å². The Morgan fingerprint density at radius 1 is 1.32 bits per heavy atom. The van der Waals surface area contributed by atoms with Crippen molar-refractivity contribution < 1.29 is 8.42 Å². The van der Waals surface area contributed by atoms with Crippen LogP contribution in [-0.4, -0.2) is 25.4 Å². The zero-order valence-corrected chi connectivity index (χ0v) is 14.9. The molecule has 3 N–H and O–H groups in total. The summed E-state index contributed by atoms with van der Waals surface area (Å²) in [6.45, 7) is 5.91. The van der Waals surface area contributed by atoms with E-state index < -0.39 is 10.0 Å². The van der Waals surface area contributed by atoms with Crippen LogP contribution in [-0.2, 0) is 16.4 Å². The number of nitrogens with zero attached hydrogens (tertiary/aromatic N) is 1. The number of H-pyrrole nitrogens is 1. The lowest BCUT2D eigenvalue weighted by Gasteiger charge is -2.14. The summed E-state index contributed by atoms with van der Waals surface area (Å²) < 4.78 is 26.4. The molecule has 0 aliphatic heterocycles. The molecule has 0 spiro atoms. The summed E-state index contributed by atoms with van der Waals surface area (Å²) in [5.41, 5.74) is 4.29. The fourth-order valence-electron chi connectivity index (χ4n) is 2.63. The minimum Gasteiger partial charge on any atom is -0.360 e. The highest BCUT2D eigenvalue weighted by Crippen LogP contribution is 2.30. The largest absolute Gasteiger partial charge is 0.360 e. The van der Waals surface area contributed by atoms with E-state index >= 15 is 0 Å². The average molecular weight is 356 g/mol.